The normalized spacial score (nSPS) is 10.8. The molecule has 0 bridgehead atoms. The lowest BCUT2D eigenvalue weighted by atomic mass is 10.1. The highest BCUT2D eigenvalue weighted by Crippen LogP contribution is 2.05. The molecule has 102 valence electrons. The number of rotatable bonds is 10. The van der Waals surface area contributed by atoms with Gasteiger partial charge in [0.15, 0.2) is 12.4 Å². The van der Waals surface area contributed by atoms with Crippen LogP contribution < -0.4 is 4.57 Å². The van der Waals surface area contributed by atoms with E-state index in [1.165, 1.54) is 69.9 Å². The molecule has 1 rings (SSSR count). The summed E-state index contributed by atoms with van der Waals surface area (Å²) in [4.78, 5) is 0. The van der Waals surface area contributed by atoms with Crippen LogP contribution >= 0.6 is 0 Å². The summed E-state index contributed by atoms with van der Waals surface area (Å²) >= 11 is 0. The molecule has 0 aliphatic heterocycles. The molecule has 0 aliphatic rings. The number of hydrogen-bond donors (Lipinski definition) is 0. The lowest BCUT2D eigenvalue weighted by Crippen LogP contribution is -2.32. The lowest BCUT2D eigenvalue weighted by Gasteiger charge is -2.01. The average molecular weight is 248 g/mol. The number of pyridine rings is 1. The van der Waals surface area contributed by atoms with Crippen LogP contribution in [0.1, 0.15) is 70.8 Å². The second-order valence-electron chi connectivity index (χ2n) is 5.32. The Balaban J connectivity index is 2.14. The van der Waals surface area contributed by atoms with Crippen LogP contribution in [0.5, 0.6) is 0 Å². The quantitative estimate of drug-likeness (QED) is 0.418. The van der Waals surface area contributed by atoms with E-state index < -0.39 is 0 Å². The minimum absolute atomic E-state index is 1.18. The van der Waals surface area contributed by atoms with Crippen LogP contribution in [0.25, 0.3) is 0 Å². The van der Waals surface area contributed by atoms with Crippen molar-refractivity contribution in [2.75, 3.05) is 0 Å². The van der Waals surface area contributed by atoms with Gasteiger partial charge >= 0.3 is 0 Å². The standard InChI is InChI=1S/C17H30N/c1-3-5-7-8-9-10-14-18-15-12-17(13-16-18)11-6-4-2/h12-13,15-16H,3-11,14H2,1-2H3/q+1. The monoisotopic (exact) mass is 248 g/mol. The number of nitrogens with zero attached hydrogens (tertiary/aromatic N) is 1. The Bertz CT molecular complexity index is 289. The first-order chi connectivity index (χ1) is 8.86. The van der Waals surface area contributed by atoms with Crippen LogP contribution in [-0.4, -0.2) is 0 Å². The summed E-state index contributed by atoms with van der Waals surface area (Å²) in [5.74, 6) is 0. The van der Waals surface area contributed by atoms with Gasteiger partial charge in [0.25, 0.3) is 0 Å². The summed E-state index contributed by atoms with van der Waals surface area (Å²) in [5, 5.41) is 0. The van der Waals surface area contributed by atoms with Gasteiger partial charge in [-0.15, -0.1) is 0 Å². The van der Waals surface area contributed by atoms with E-state index in [4.69, 9.17) is 0 Å². The van der Waals surface area contributed by atoms with E-state index in [2.05, 4.69) is 42.9 Å². The maximum absolute atomic E-state index is 2.33. The summed E-state index contributed by atoms with van der Waals surface area (Å²) in [6.45, 7) is 5.71. The van der Waals surface area contributed by atoms with Crippen LogP contribution in [0.3, 0.4) is 0 Å². The third-order valence-corrected chi connectivity index (χ3v) is 3.55. The maximum atomic E-state index is 2.33. The molecule has 0 aliphatic carbocycles. The van der Waals surface area contributed by atoms with Gasteiger partial charge in [-0.3, -0.25) is 0 Å². The van der Waals surface area contributed by atoms with Gasteiger partial charge < -0.3 is 0 Å². The fourth-order valence-corrected chi connectivity index (χ4v) is 2.26. The molecule has 0 atom stereocenters. The second kappa shape index (κ2) is 10.1. The molecule has 1 heteroatoms. The first-order valence-corrected chi connectivity index (χ1v) is 7.84. The highest BCUT2D eigenvalue weighted by atomic mass is 14.9. The molecule has 0 aromatic carbocycles. The predicted octanol–water partition coefficient (Wildman–Crippen LogP) is 4.68. The first-order valence-electron chi connectivity index (χ1n) is 7.84. The van der Waals surface area contributed by atoms with E-state index in [1.54, 1.807) is 0 Å². The molecule has 0 saturated heterocycles. The van der Waals surface area contributed by atoms with Gasteiger partial charge in [0.2, 0.25) is 0 Å². The van der Waals surface area contributed by atoms with Gasteiger partial charge in [0, 0.05) is 18.6 Å². The van der Waals surface area contributed by atoms with Gasteiger partial charge in [0.1, 0.15) is 6.54 Å². The molecular weight excluding hydrogens is 218 g/mol. The Morgan fingerprint density at radius 3 is 2.06 bits per heavy atom. The smallest absolute Gasteiger partial charge is 0.169 e. The number of aromatic nitrogens is 1. The number of aryl methyl sites for hydroxylation is 2. The predicted molar refractivity (Wildman–Crippen MR) is 78.6 cm³/mol. The number of unbranched alkanes of at least 4 members (excludes halogenated alkanes) is 6. The van der Waals surface area contributed by atoms with Crippen LogP contribution in [-0.2, 0) is 13.0 Å². The van der Waals surface area contributed by atoms with Gasteiger partial charge in [-0.25, -0.2) is 4.57 Å². The van der Waals surface area contributed by atoms with Crippen molar-refractivity contribution in [1.29, 1.82) is 0 Å². The van der Waals surface area contributed by atoms with Crippen molar-refractivity contribution in [2.24, 2.45) is 0 Å². The van der Waals surface area contributed by atoms with Gasteiger partial charge in [-0.2, -0.15) is 0 Å². The molecular formula is C17H30N+. The maximum Gasteiger partial charge on any atom is 0.169 e. The molecule has 0 fully saturated rings. The van der Waals surface area contributed by atoms with Crippen molar-refractivity contribution in [2.45, 2.75) is 78.2 Å². The first kappa shape index (κ1) is 15.2. The molecule has 0 spiro atoms. The third-order valence-electron chi connectivity index (χ3n) is 3.55. The molecule has 0 radical (unpaired) electrons. The van der Waals surface area contributed by atoms with Gasteiger partial charge in [0.05, 0.1) is 0 Å². The fourth-order valence-electron chi connectivity index (χ4n) is 2.26. The van der Waals surface area contributed by atoms with Crippen molar-refractivity contribution in [1.82, 2.24) is 0 Å². The van der Waals surface area contributed by atoms with Crippen LogP contribution in [0, 0.1) is 0 Å². The Morgan fingerprint density at radius 1 is 0.778 bits per heavy atom. The van der Waals surface area contributed by atoms with Crippen LogP contribution in [0.15, 0.2) is 24.5 Å². The molecule has 1 nitrogen and oxygen atoms in total. The SMILES string of the molecule is CCCCCCCC[n+]1ccc(CCCC)cc1. The lowest BCUT2D eigenvalue weighted by molar-refractivity contribution is -0.697. The molecule has 0 N–H and O–H groups in total. The van der Waals surface area contributed by atoms with Crippen molar-refractivity contribution in [3.63, 3.8) is 0 Å². The van der Waals surface area contributed by atoms with E-state index in [-0.39, 0.29) is 0 Å². The zero-order valence-electron chi connectivity index (χ0n) is 12.3. The van der Waals surface area contributed by atoms with Crippen molar-refractivity contribution in [3.8, 4) is 0 Å². The highest BCUT2D eigenvalue weighted by molar-refractivity contribution is 5.06. The number of hydrogen-bond acceptors (Lipinski definition) is 0. The van der Waals surface area contributed by atoms with Crippen molar-refractivity contribution < 1.29 is 4.57 Å². The second-order valence-corrected chi connectivity index (χ2v) is 5.32. The highest BCUT2D eigenvalue weighted by Gasteiger charge is 2.00. The Labute approximate surface area is 113 Å². The van der Waals surface area contributed by atoms with Crippen LogP contribution in [0.2, 0.25) is 0 Å². The van der Waals surface area contributed by atoms with E-state index in [1.807, 2.05) is 0 Å². The Morgan fingerprint density at radius 2 is 1.39 bits per heavy atom. The van der Waals surface area contributed by atoms with E-state index in [0.29, 0.717) is 0 Å². The van der Waals surface area contributed by atoms with E-state index >= 15 is 0 Å². The Kier molecular flexibility index (Phi) is 8.54. The minimum atomic E-state index is 1.18. The third kappa shape index (κ3) is 6.78. The van der Waals surface area contributed by atoms with Crippen LogP contribution in [0.4, 0.5) is 0 Å². The zero-order valence-corrected chi connectivity index (χ0v) is 12.3. The molecule has 0 unspecified atom stereocenters. The van der Waals surface area contributed by atoms with E-state index in [9.17, 15) is 0 Å². The topological polar surface area (TPSA) is 3.88 Å². The summed E-state index contributed by atoms with van der Waals surface area (Å²) in [5.41, 5.74) is 1.48. The summed E-state index contributed by atoms with van der Waals surface area (Å²) in [6.07, 6.45) is 16.6. The average Bonchev–Trinajstić information content (AvgIpc) is 2.42. The van der Waals surface area contributed by atoms with Gasteiger partial charge in [-0.05, 0) is 24.8 Å². The molecule has 0 amide bonds. The van der Waals surface area contributed by atoms with Crippen molar-refractivity contribution in [3.05, 3.63) is 30.1 Å². The molecule has 18 heavy (non-hydrogen) atoms. The van der Waals surface area contributed by atoms with Crippen molar-refractivity contribution >= 4 is 0 Å². The molecule has 0 saturated carbocycles. The minimum Gasteiger partial charge on any atom is -0.205 e. The summed E-state index contributed by atoms with van der Waals surface area (Å²) in [6, 6.07) is 4.57. The summed E-state index contributed by atoms with van der Waals surface area (Å²) in [7, 11) is 0. The zero-order chi connectivity index (χ0) is 13.1. The fraction of sp³-hybridized carbons (Fsp3) is 0.706. The molecule has 1 aromatic heterocycles. The molecule has 1 heterocycles. The summed E-state index contributed by atoms with van der Waals surface area (Å²) < 4.78 is 2.33. The molecule has 1 aromatic rings. The van der Waals surface area contributed by atoms with Gasteiger partial charge in [-0.1, -0.05) is 46.0 Å². The Hall–Kier alpha value is -0.850. The largest absolute Gasteiger partial charge is 0.205 e. The van der Waals surface area contributed by atoms with E-state index in [0.717, 1.165) is 0 Å².